The van der Waals surface area contributed by atoms with Crippen molar-refractivity contribution in [1.82, 2.24) is 23.6 Å². The third-order valence-electron chi connectivity index (χ3n) is 3.60. The number of aryl methyl sites for hydroxylation is 1. The number of aliphatic hydroxyl groups is 1. The molecule has 122 valence electrons. The Morgan fingerprint density at radius 2 is 1.91 bits per heavy atom. The van der Waals surface area contributed by atoms with Crippen LogP contribution in [0.2, 0.25) is 0 Å². The van der Waals surface area contributed by atoms with Gasteiger partial charge < -0.3 is 14.6 Å². The van der Waals surface area contributed by atoms with E-state index in [2.05, 4.69) is 4.98 Å². The van der Waals surface area contributed by atoms with Crippen molar-refractivity contribution < 1.29 is 5.11 Å². The van der Waals surface area contributed by atoms with Gasteiger partial charge in [0.05, 0.1) is 11.9 Å². The molecule has 2 aromatic heterocycles. The second kappa shape index (κ2) is 5.69. The first-order chi connectivity index (χ1) is 10.1. The summed E-state index contributed by atoms with van der Waals surface area (Å²) < 4.78 is 4.20. The molecule has 0 atom stereocenters. The minimum atomic E-state index is -0.772. The number of hydrogen-bond donors (Lipinski definition) is 1. The lowest BCUT2D eigenvalue weighted by molar-refractivity contribution is 0.0438. The summed E-state index contributed by atoms with van der Waals surface area (Å²) in [5.74, 6) is 0. The van der Waals surface area contributed by atoms with E-state index in [0.717, 1.165) is 4.57 Å². The van der Waals surface area contributed by atoms with Crippen LogP contribution in [-0.2, 0) is 20.6 Å². The highest BCUT2D eigenvalue weighted by atomic mass is 16.3. The van der Waals surface area contributed by atoms with Crippen molar-refractivity contribution in [2.45, 2.75) is 26.0 Å². The highest BCUT2D eigenvalue weighted by Gasteiger charge is 2.17. The van der Waals surface area contributed by atoms with Crippen molar-refractivity contribution in [2.75, 3.05) is 20.1 Å². The van der Waals surface area contributed by atoms with Gasteiger partial charge >= 0.3 is 5.69 Å². The number of fused-ring (bicyclic) bond motifs is 1. The monoisotopic (exact) mass is 309 g/mol. The molecule has 0 aliphatic heterocycles. The van der Waals surface area contributed by atoms with Gasteiger partial charge in [0.25, 0.3) is 5.56 Å². The molecule has 1 N–H and O–H groups in total. The number of imidazole rings is 1. The van der Waals surface area contributed by atoms with Gasteiger partial charge in [-0.1, -0.05) is 0 Å². The molecule has 8 nitrogen and oxygen atoms in total. The van der Waals surface area contributed by atoms with Crippen LogP contribution in [0.15, 0.2) is 15.9 Å². The maximum absolute atomic E-state index is 12.3. The summed E-state index contributed by atoms with van der Waals surface area (Å²) in [6.07, 6.45) is 1.57. The molecule has 0 fully saturated rings. The van der Waals surface area contributed by atoms with Gasteiger partial charge in [-0.05, 0) is 20.9 Å². The van der Waals surface area contributed by atoms with Crippen LogP contribution in [-0.4, -0.2) is 54.4 Å². The van der Waals surface area contributed by atoms with E-state index in [0.29, 0.717) is 30.8 Å². The van der Waals surface area contributed by atoms with E-state index in [1.165, 1.54) is 11.6 Å². The van der Waals surface area contributed by atoms with Crippen molar-refractivity contribution in [1.29, 1.82) is 0 Å². The summed E-state index contributed by atoms with van der Waals surface area (Å²) in [5, 5.41) is 9.81. The smallest absolute Gasteiger partial charge is 0.332 e. The molecule has 22 heavy (non-hydrogen) atoms. The summed E-state index contributed by atoms with van der Waals surface area (Å²) in [7, 11) is 4.97. The van der Waals surface area contributed by atoms with Crippen molar-refractivity contribution in [2.24, 2.45) is 14.1 Å². The minimum Gasteiger partial charge on any atom is -0.389 e. The van der Waals surface area contributed by atoms with Gasteiger partial charge in [-0.25, -0.2) is 9.78 Å². The highest BCUT2D eigenvalue weighted by Crippen LogP contribution is 2.07. The van der Waals surface area contributed by atoms with E-state index in [1.807, 2.05) is 11.9 Å². The fraction of sp³-hybridized carbons (Fsp3) is 0.643. The van der Waals surface area contributed by atoms with Crippen LogP contribution >= 0.6 is 0 Å². The van der Waals surface area contributed by atoms with Gasteiger partial charge in [-0.15, -0.1) is 0 Å². The fourth-order valence-electron chi connectivity index (χ4n) is 2.58. The molecule has 0 bridgehead atoms. The Morgan fingerprint density at radius 3 is 2.50 bits per heavy atom. The number of hydrogen-bond acceptors (Lipinski definition) is 5. The third-order valence-corrected chi connectivity index (χ3v) is 3.60. The fourth-order valence-corrected chi connectivity index (χ4v) is 2.58. The van der Waals surface area contributed by atoms with E-state index in [1.54, 1.807) is 31.8 Å². The van der Waals surface area contributed by atoms with E-state index < -0.39 is 5.60 Å². The normalized spacial score (nSPS) is 12.5. The number of aromatic nitrogens is 4. The van der Waals surface area contributed by atoms with Gasteiger partial charge in [-0.2, -0.15) is 0 Å². The molecule has 0 radical (unpaired) electrons. The molecule has 2 aromatic rings. The molecule has 0 saturated heterocycles. The Hall–Kier alpha value is -1.93. The van der Waals surface area contributed by atoms with Crippen LogP contribution in [0.4, 0.5) is 0 Å². The maximum atomic E-state index is 12.3. The molecule has 0 aliphatic carbocycles. The van der Waals surface area contributed by atoms with E-state index in [4.69, 9.17) is 0 Å². The summed E-state index contributed by atoms with van der Waals surface area (Å²) >= 11 is 0. The zero-order valence-electron chi connectivity index (χ0n) is 13.7. The number of rotatable bonds is 5. The SMILES string of the molecule is CN(CCn1cnc2c1c(=O)n(C)c(=O)n2C)CC(C)(C)O. The topological polar surface area (TPSA) is 85.3 Å². The molecular formula is C14H23N5O3. The summed E-state index contributed by atoms with van der Waals surface area (Å²) in [6.45, 7) is 5.23. The van der Waals surface area contributed by atoms with Gasteiger partial charge in [0.15, 0.2) is 11.2 Å². The second-order valence-electron chi connectivity index (χ2n) is 6.37. The van der Waals surface area contributed by atoms with Gasteiger partial charge in [0.1, 0.15) is 0 Å². The van der Waals surface area contributed by atoms with Crippen LogP contribution in [0.5, 0.6) is 0 Å². The molecule has 2 heterocycles. The molecular weight excluding hydrogens is 286 g/mol. The first-order valence-corrected chi connectivity index (χ1v) is 7.13. The minimum absolute atomic E-state index is 0.347. The van der Waals surface area contributed by atoms with Crippen molar-refractivity contribution in [3.8, 4) is 0 Å². The average Bonchev–Trinajstić information content (AvgIpc) is 2.82. The lowest BCUT2D eigenvalue weighted by Gasteiger charge is -2.25. The van der Waals surface area contributed by atoms with E-state index >= 15 is 0 Å². The quantitative estimate of drug-likeness (QED) is 0.776. The molecule has 0 aromatic carbocycles. The first kappa shape index (κ1) is 16.4. The zero-order valence-corrected chi connectivity index (χ0v) is 13.7. The van der Waals surface area contributed by atoms with Gasteiger partial charge in [-0.3, -0.25) is 13.9 Å². The molecule has 2 rings (SSSR count). The van der Waals surface area contributed by atoms with Gasteiger partial charge in [0, 0.05) is 33.7 Å². The van der Waals surface area contributed by atoms with E-state index in [9.17, 15) is 14.7 Å². The van der Waals surface area contributed by atoms with Crippen LogP contribution in [0.1, 0.15) is 13.8 Å². The number of likely N-dealkylation sites (N-methyl/N-ethyl adjacent to an activating group) is 1. The molecule has 8 heteroatoms. The lowest BCUT2D eigenvalue weighted by atomic mass is 10.1. The maximum Gasteiger partial charge on any atom is 0.332 e. The van der Waals surface area contributed by atoms with Gasteiger partial charge in [0.2, 0.25) is 0 Å². The predicted molar refractivity (Wildman–Crippen MR) is 84.0 cm³/mol. The Kier molecular flexibility index (Phi) is 4.25. The van der Waals surface area contributed by atoms with E-state index in [-0.39, 0.29) is 11.2 Å². The van der Waals surface area contributed by atoms with Crippen LogP contribution < -0.4 is 11.2 Å². The first-order valence-electron chi connectivity index (χ1n) is 7.13. The van der Waals surface area contributed by atoms with Crippen LogP contribution in [0.25, 0.3) is 11.2 Å². The average molecular weight is 309 g/mol. The molecule has 0 spiro atoms. The zero-order chi connectivity index (χ0) is 16.7. The molecule has 0 amide bonds. The number of nitrogens with zero attached hydrogens (tertiary/aromatic N) is 5. The summed E-state index contributed by atoms with van der Waals surface area (Å²) in [5.41, 5.74) is -0.701. The molecule has 0 saturated carbocycles. The Labute approximate surface area is 128 Å². The third kappa shape index (κ3) is 3.12. The Morgan fingerprint density at radius 1 is 1.27 bits per heavy atom. The highest BCUT2D eigenvalue weighted by molar-refractivity contribution is 5.69. The lowest BCUT2D eigenvalue weighted by Crippen LogP contribution is -2.39. The summed E-state index contributed by atoms with van der Waals surface area (Å²) in [4.78, 5) is 30.3. The summed E-state index contributed by atoms with van der Waals surface area (Å²) in [6, 6.07) is 0. The van der Waals surface area contributed by atoms with Crippen LogP contribution in [0.3, 0.4) is 0 Å². The predicted octanol–water partition coefficient (Wildman–Crippen LogP) is -0.864. The standard InChI is InChI=1S/C14H23N5O3/c1-14(2,22)8-16(3)6-7-19-9-15-11-10(19)12(20)18(5)13(21)17(11)4/h9,22H,6-8H2,1-5H3. The Bertz CT molecular complexity index is 794. The molecule has 0 unspecified atom stereocenters. The van der Waals surface area contributed by atoms with Crippen LogP contribution in [0, 0.1) is 0 Å². The Balaban J connectivity index is 2.31. The van der Waals surface area contributed by atoms with Crippen molar-refractivity contribution in [3.63, 3.8) is 0 Å². The molecule has 0 aliphatic rings. The second-order valence-corrected chi connectivity index (χ2v) is 6.37. The van der Waals surface area contributed by atoms with Crippen molar-refractivity contribution >= 4 is 11.2 Å². The largest absolute Gasteiger partial charge is 0.389 e. The van der Waals surface area contributed by atoms with Crippen molar-refractivity contribution in [3.05, 3.63) is 27.2 Å².